The molecule has 0 aliphatic carbocycles. The molecule has 0 bridgehead atoms. The molecule has 1 saturated heterocycles. The lowest BCUT2D eigenvalue weighted by Gasteiger charge is -2.24. The van der Waals surface area contributed by atoms with Gasteiger partial charge in [-0.05, 0) is 26.3 Å². The van der Waals surface area contributed by atoms with Gasteiger partial charge < -0.3 is 44.2 Å². The molecular formula is C31H38Cl3N5O11. The minimum atomic E-state index is -1.85. The van der Waals surface area contributed by atoms with Gasteiger partial charge in [-0.25, -0.2) is 29.0 Å². The van der Waals surface area contributed by atoms with Crippen molar-refractivity contribution in [1.29, 1.82) is 0 Å². The van der Waals surface area contributed by atoms with E-state index in [4.69, 9.17) is 58.5 Å². The second-order valence-electron chi connectivity index (χ2n) is 12.1. The number of aromatic nitrogens is 2. The number of methoxy groups -OCH3 is 1. The Labute approximate surface area is 302 Å². The first-order valence-corrected chi connectivity index (χ1v) is 16.3. The maximum Gasteiger partial charge on any atom is 0.408 e. The quantitative estimate of drug-likeness (QED) is 0.145. The zero-order chi connectivity index (χ0) is 37.1. The van der Waals surface area contributed by atoms with E-state index in [2.05, 4.69) is 20.9 Å². The number of benzene rings is 1. The van der Waals surface area contributed by atoms with Crippen LogP contribution in [0.3, 0.4) is 0 Å². The molecule has 0 unspecified atom stereocenters. The summed E-state index contributed by atoms with van der Waals surface area (Å²) in [6, 6.07) is 5.53. The number of hydrogen-bond donors (Lipinski definition) is 3. The van der Waals surface area contributed by atoms with Crippen LogP contribution in [0.2, 0.25) is 0 Å². The Morgan fingerprint density at radius 1 is 1.00 bits per heavy atom. The van der Waals surface area contributed by atoms with Crippen molar-refractivity contribution in [3.05, 3.63) is 54.1 Å². The summed E-state index contributed by atoms with van der Waals surface area (Å²) in [4.78, 5) is 79.4. The highest BCUT2D eigenvalue weighted by Crippen LogP contribution is 2.26. The lowest BCUT2D eigenvalue weighted by atomic mass is 10.1. The largest absolute Gasteiger partial charge is 0.467 e. The van der Waals surface area contributed by atoms with Gasteiger partial charge in [0.05, 0.1) is 32.1 Å². The number of imidazole rings is 1. The third kappa shape index (κ3) is 14.3. The Morgan fingerprint density at radius 3 is 2.34 bits per heavy atom. The number of rotatable bonds is 14. The van der Waals surface area contributed by atoms with Gasteiger partial charge in [-0.2, -0.15) is 0 Å². The van der Waals surface area contributed by atoms with Crippen LogP contribution in [0.5, 0.6) is 0 Å². The first-order valence-electron chi connectivity index (χ1n) is 15.2. The zero-order valence-corrected chi connectivity index (χ0v) is 29.9. The van der Waals surface area contributed by atoms with Crippen molar-refractivity contribution in [2.24, 2.45) is 0 Å². The molecule has 16 nitrogen and oxygen atoms in total. The number of hydrogen-bond acceptors (Lipinski definition) is 12. The SMILES string of the molecule is COC(=O)[C@H](Cc1cn(C[C@@H](NC(=O)OCc2ccccc2)C(=O)OC(C)(C)C)cn1)NC(=O)C[C@H]1C[C@H](NC(=O)OCC(Cl)(Cl)Cl)C(=O)O1. The smallest absolute Gasteiger partial charge is 0.408 e. The predicted molar refractivity (Wildman–Crippen MR) is 177 cm³/mol. The van der Waals surface area contributed by atoms with Gasteiger partial charge >= 0.3 is 30.1 Å². The Kier molecular flexibility index (Phi) is 14.5. The third-order valence-corrected chi connectivity index (χ3v) is 6.98. The second kappa shape index (κ2) is 18.1. The van der Waals surface area contributed by atoms with Crippen molar-refractivity contribution in [3.63, 3.8) is 0 Å². The zero-order valence-electron chi connectivity index (χ0n) is 27.6. The van der Waals surface area contributed by atoms with Crippen LogP contribution in [0.1, 0.15) is 44.9 Å². The summed E-state index contributed by atoms with van der Waals surface area (Å²) in [7, 11) is 1.14. The van der Waals surface area contributed by atoms with Gasteiger partial charge in [-0.15, -0.1) is 0 Å². The van der Waals surface area contributed by atoms with Gasteiger partial charge in [0, 0.05) is 19.0 Å². The average Bonchev–Trinajstić information content (AvgIpc) is 3.61. The minimum absolute atomic E-state index is 0.0154. The molecule has 3 amide bonds. The van der Waals surface area contributed by atoms with Crippen LogP contribution >= 0.6 is 34.8 Å². The Balaban J connectivity index is 1.59. The van der Waals surface area contributed by atoms with E-state index in [0.29, 0.717) is 5.69 Å². The number of ether oxygens (including phenoxy) is 5. The molecule has 1 fully saturated rings. The Morgan fingerprint density at radius 2 is 1.70 bits per heavy atom. The van der Waals surface area contributed by atoms with Gasteiger partial charge in [0.2, 0.25) is 9.70 Å². The molecule has 274 valence electrons. The Hall–Kier alpha value is -4.28. The van der Waals surface area contributed by atoms with Gasteiger partial charge in [0.15, 0.2) is 0 Å². The number of alkyl carbamates (subject to hydrolysis) is 2. The molecule has 1 aliphatic heterocycles. The van der Waals surface area contributed by atoms with Crippen molar-refractivity contribution in [2.75, 3.05) is 13.7 Å². The van der Waals surface area contributed by atoms with Crippen LogP contribution in [-0.4, -0.2) is 92.9 Å². The standard InChI is InChI=1S/C31H38Cl3N5O11/c1-30(2,3)50-27(43)23(38-28(44)47-15-18-8-6-5-7-9-18)14-39-13-19(35-17-39)10-21(25(41)46-4)36-24(40)12-20-11-22(26(42)49-20)37-29(45)48-16-31(32,33)34/h5-9,13,17,20-23H,10-12,14-16H2,1-4H3,(H,36,40)(H,37,45)(H,38,44)/t20-,21+,22+,23-/m1/s1. The fourth-order valence-electron chi connectivity index (χ4n) is 4.51. The van der Waals surface area contributed by atoms with Crippen molar-refractivity contribution in [1.82, 2.24) is 25.5 Å². The highest BCUT2D eigenvalue weighted by atomic mass is 35.6. The van der Waals surface area contributed by atoms with Crippen LogP contribution in [0.25, 0.3) is 0 Å². The topological polar surface area (TPSA) is 202 Å². The van der Waals surface area contributed by atoms with Crippen LogP contribution in [-0.2, 0) is 62.4 Å². The summed E-state index contributed by atoms with van der Waals surface area (Å²) in [5, 5.41) is 7.34. The number of nitrogens with one attached hydrogen (secondary N) is 3. The minimum Gasteiger partial charge on any atom is -0.467 e. The molecule has 0 spiro atoms. The number of amides is 3. The van der Waals surface area contributed by atoms with E-state index < -0.39 is 76.2 Å². The summed E-state index contributed by atoms with van der Waals surface area (Å²) in [5.74, 6) is -2.94. The maximum atomic E-state index is 13.0. The van der Waals surface area contributed by atoms with Crippen molar-refractivity contribution < 1.29 is 52.5 Å². The van der Waals surface area contributed by atoms with E-state index in [9.17, 15) is 28.8 Å². The molecule has 3 N–H and O–H groups in total. The average molecular weight is 763 g/mol. The molecule has 2 aromatic rings. The lowest BCUT2D eigenvalue weighted by Crippen LogP contribution is -2.46. The Bertz CT molecular complexity index is 1510. The van der Waals surface area contributed by atoms with E-state index in [1.165, 1.54) is 17.1 Å². The molecular weight excluding hydrogens is 725 g/mol. The predicted octanol–water partition coefficient (Wildman–Crippen LogP) is 2.89. The lowest BCUT2D eigenvalue weighted by molar-refractivity contribution is -0.157. The summed E-state index contributed by atoms with van der Waals surface area (Å²) in [6.45, 7) is 4.38. The molecule has 19 heteroatoms. The molecule has 3 rings (SSSR count). The van der Waals surface area contributed by atoms with Crippen LogP contribution in [0, 0.1) is 0 Å². The first-order chi connectivity index (χ1) is 23.4. The van der Waals surface area contributed by atoms with E-state index in [0.717, 1.165) is 12.7 Å². The molecule has 1 aliphatic rings. The van der Waals surface area contributed by atoms with Crippen LogP contribution < -0.4 is 16.0 Å². The monoisotopic (exact) mass is 761 g/mol. The number of carbonyl (C=O) groups excluding carboxylic acids is 6. The van der Waals surface area contributed by atoms with Gasteiger partial charge in [-0.3, -0.25) is 4.79 Å². The number of carbonyl (C=O) groups is 6. The summed E-state index contributed by atoms with van der Waals surface area (Å²) < 4.78 is 25.2. The number of cyclic esters (lactones) is 1. The normalized spacial score (nSPS) is 17.1. The number of halogens is 3. The third-order valence-electron chi connectivity index (χ3n) is 6.65. The van der Waals surface area contributed by atoms with Crippen molar-refractivity contribution >= 4 is 70.8 Å². The van der Waals surface area contributed by atoms with Gasteiger partial charge in [0.25, 0.3) is 0 Å². The fraction of sp³-hybridized carbons (Fsp3) is 0.516. The molecule has 0 radical (unpaired) electrons. The van der Waals surface area contributed by atoms with E-state index in [-0.39, 0.29) is 32.4 Å². The molecule has 1 aromatic carbocycles. The highest BCUT2D eigenvalue weighted by Gasteiger charge is 2.38. The number of nitrogens with zero attached hydrogens (tertiary/aromatic N) is 2. The van der Waals surface area contributed by atoms with E-state index in [1.807, 2.05) is 6.07 Å². The van der Waals surface area contributed by atoms with Crippen LogP contribution in [0.4, 0.5) is 9.59 Å². The number of esters is 3. The summed E-state index contributed by atoms with van der Waals surface area (Å²) in [6.07, 6.45) is -0.392. The van der Waals surface area contributed by atoms with Crippen LogP contribution in [0.15, 0.2) is 42.9 Å². The fourth-order valence-corrected chi connectivity index (χ4v) is 4.68. The molecule has 4 atom stereocenters. The summed E-state index contributed by atoms with van der Waals surface area (Å²) in [5.41, 5.74) is 0.245. The first kappa shape index (κ1) is 40.2. The second-order valence-corrected chi connectivity index (χ2v) is 14.6. The van der Waals surface area contributed by atoms with Crippen molar-refractivity contribution in [3.8, 4) is 0 Å². The molecule has 0 saturated carbocycles. The number of alkyl halides is 3. The highest BCUT2D eigenvalue weighted by molar-refractivity contribution is 6.67. The van der Waals surface area contributed by atoms with E-state index >= 15 is 0 Å². The maximum absolute atomic E-state index is 13.0. The van der Waals surface area contributed by atoms with Gasteiger partial charge in [-0.1, -0.05) is 65.1 Å². The van der Waals surface area contributed by atoms with Crippen molar-refractivity contribution in [2.45, 2.75) is 86.8 Å². The molecule has 2 heterocycles. The molecule has 1 aromatic heterocycles. The molecule has 50 heavy (non-hydrogen) atoms. The van der Waals surface area contributed by atoms with Gasteiger partial charge in [0.1, 0.15) is 43.0 Å². The van der Waals surface area contributed by atoms with E-state index in [1.54, 1.807) is 45.0 Å². The summed E-state index contributed by atoms with van der Waals surface area (Å²) >= 11 is 16.6.